The molecule has 0 fully saturated rings. The van der Waals surface area contributed by atoms with Crippen LogP contribution in [0.3, 0.4) is 0 Å². The van der Waals surface area contributed by atoms with Gasteiger partial charge in [-0.15, -0.1) is 0 Å². The number of nitrogens with two attached hydrogens (primary N) is 1. The zero-order chi connectivity index (χ0) is 18.0. The number of allylic oxidation sites excluding steroid dienone is 5. The molecular formula is C18H17N5O2. The zero-order valence-corrected chi connectivity index (χ0v) is 13.6. The van der Waals surface area contributed by atoms with E-state index in [1.807, 2.05) is 25.2 Å². The molecule has 0 amide bonds. The Bertz CT molecular complexity index is 992. The van der Waals surface area contributed by atoms with E-state index in [-0.39, 0.29) is 5.56 Å². The van der Waals surface area contributed by atoms with Crippen LogP contribution in [0.2, 0.25) is 0 Å². The van der Waals surface area contributed by atoms with Gasteiger partial charge in [0.05, 0.1) is 23.0 Å². The first-order valence-corrected chi connectivity index (χ1v) is 7.52. The van der Waals surface area contributed by atoms with Gasteiger partial charge in [-0.05, 0) is 24.6 Å². The Kier molecular flexibility index (Phi) is 4.21. The fourth-order valence-electron chi connectivity index (χ4n) is 2.60. The van der Waals surface area contributed by atoms with Crippen LogP contribution < -0.4 is 11.1 Å². The summed E-state index contributed by atoms with van der Waals surface area (Å²) in [6.45, 7) is 5.83. The predicted molar refractivity (Wildman–Crippen MR) is 98.4 cm³/mol. The molecule has 0 saturated heterocycles. The molecule has 25 heavy (non-hydrogen) atoms. The molecule has 0 saturated carbocycles. The highest BCUT2D eigenvalue weighted by molar-refractivity contribution is 6.15. The summed E-state index contributed by atoms with van der Waals surface area (Å²) >= 11 is 0. The Balaban J connectivity index is 1.92. The number of anilines is 1. The standard InChI is InChI=1S/C18H17N5O2/c1-10-4-3-5-12(8-19)17(10)22-11(2)21-13-6-14(18(24)25)15-9-20-23-16(15)7-13/h3-9,21H,2,19H2,1H3,(H,20,23)(H,24,25)/b12-8-,22-17-. The number of carbonyl (C=O) groups is 1. The van der Waals surface area contributed by atoms with Gasteiger partial charge in [0.1, 0.15) is 5.82 Å². The van der Waals surface area contributed by atoms with Crippen LogP contribution in [-0.4, -0.2) is 27.0 Å². The van der Waals surface area contributed by atoms with Crippen molar-refractivity contribution in [3.63, 3.8) is 0 Å². The molecule has 1 aromatic heterocycles. The van der Waals surface area contributed by atoms with Crippen molar-refractivity contribution in [3.8, 4) is 0 Å². The number of nitrogens with one attached hydrogen (secondary N) is 2. The number of fused-ring (bicyclic) bond motifs is 1. The third kappa shape index (κ3) is 3.20. The zero-order valence-electron chi connectivity index (χ0n) is 13.6. The van der Waals surface area contributed by atoms with Crippen molar-refractivity contribution < 1.29 is 9.90 Å². The minimum atomic E-state index is -1.03. The first-order chi connectivity index (χ1) is 12.0. The van der Waals surface area contributed by atoms with Crippen LogP contribution >= 0.6 is 0 Å². The highest BCUT2D eigenvalue weighted by Gasteiger charge is 2.13. The molecule has 126 valence electrons. The molecule has 0 bridgehead atoms. The number of aromatic carboxylic acids is 1. The summed E-state index contributed by atoms with van der Waals surface area (Å²) in [5.74, 6) is -0.663. The monoisotopic (exact) mass is 335 g/mol. The molecule has 7 nitrogen and oxygen atoms in total. The van der Waals surface area contributed by atoms with E-state index in [1.54, 1.807) is 6.07 Å². The molecule has 1 aromatic carbocycles. The number of benzene rings is 1. The quantitative estimate of drug-likeness (QED) is 0.685. The summed E-state index contributed by atoms with van der Waals surface area (Å²) < 4.78 is 0. The van der Waals surface area contributed by atoms with Gasteiger partial charge >= 0.3 is 5.97 Å². The normalized spacial score (nSPS) is 17.1. The summed E-state index contributed by atoms with van der Waals surface area (Å²) in [5.41, 5.74) is 9.41. The number of H-pyrrole nitrogens is 1. The lowest BCUT2D eigenvalue weighted by Gasteiger charge is -2.13. The number of aromatic amines is 1. The van der Waals surface area contributed by atoms with Crippen molar-refractivity contribution in [2.45, 2.75) is 6.92 Å². The van der Waals surface area contributed by atoms with Gasteiger partial charge in [0.25, 0.3) is 0 Å². The average Bonchev–Trinajstić information content (AvgIpc) is 3.04. The van der Waals surface area contributed by atoms with Crippen molar-refractivity contribution in [2.24, 2.45) is 10.7 Å². The minimum absolute atomic E-state index is 0.147. The lowest BCUT2D eigenvalue weighted by Crippen LogP contribution is -2.10. The lowest BCUT2D eigenvalue weighted by molar-refractivity contribution is 0.0699. The van der Waals surface area contributed by atoms with E-state index in [1.165, 1.54) is 18.5 Å². The third-order valence-corrected chi connectivity index (χ3v) is 3.77. The van der Waals surface area contributed by atoms with Gasteiger partial charge in [0.2, 0.25) is 0 Å². The molecule has 1 aliphatic rings. The van der Waals surface area contributed by atoms with Crippen LogP contribution in [0.4, 0.5) is 5.69 Å². The molecule has 1 heterocycles. The Labute approximate surface area is 144 Å². The third-order valence-electron chi connectivity index (χ3n) is 3.77. The molecule has 0 unspecified atom stereocenters. The number of hydrogen-bond donors (Lipinski definition) is 4. The maximum atomic E-state index is 11.4. The Morgan fingerprint density at radius 3 is 3.00 bits per heavy atom. The van der Waals surface area contributed by atoms with Crippen LogP contribution in [0.25, 0.3) is 10.9 Å². The number of aliphatic imine (C=N–C) groups is 1. The lowest BCUT2D eigenvalue weighted by atomic mass is 9.99. The Morgan fingerprint density at radius 1 is 1.48 bits per heavy atom. The predicted octanol–water partition coefficient (Wildman–Crippen LogP) is 2.94. The SMILES string of the molecule is C=C(/N=C1/C(C)=CC=C/C1=C/N)Nc1cc(C(=O)O)c2cn[nH]c2c1. The summed E-state index contributed by atoms with van der Waals surface area (Å²) in [4.78, 5) is 15.9. The number of hydrogen-bond acceptors (Lipinski definition) is 5. The maximum Gasteiger partial charge on any atom is 0.336 e. The van der Waals surface area contributed by atoms with E-state index in [0.717, 1.165) is 11.1 Å². The molecule has 1 aliphatic carbocycles. The number of rotatable bonds is 4. The minimum Gasteiger partial charge on any atom is -0.478 e. The van der Waals surface area contributed by atoms with Gasteiger partial charge in [-0.2, -0.15) is 5.10 Å². The molecule has 5 N–H and O–H groups in total. The fraction of sp³-hybridized carbons (Fsp3) is 0.0556. The maximum absolute atomic E-state index is 11.4. The average molecular weight is 335 g/mol. The number of aromatic nitrogens is 2. The van der Waals surface area contributed by atoms with Gasteiger partial charge < -0.3 is 16.2 Å². The topological polar surface area (TPSA) is 116 Å². The van der Waals surface area contributed by atoms with Gasteiger partial charge in [0, 0.05) is 22.8 Å². The van der Waals surface area contributed by atoms with E-state index in [2.05, 4.69) is 27.1 Å². The van der Waals surface area contributed by atoms with Crippen LogP contribution in [0, 0.1) is 0 Å². The van der Waals surface area contributed by atoms with Crippen LogP contribution in [-0.2, 0) is 0 Å². The largest absolute Gasteiger partial charge is 0.478 e. The van der Waals surface area contributed by atoms with Crippen molar-refractivity contribution in [2.75, 3.05) is 5.32 Å². The van der Waals surface area contributed by atoms with Crippen molar-refractivity contribution >= 4 is 28.3 Å². The number of carboxylic acid groups (broad SMARTS) is 1. The Morgan fingerprint density at radius 2 is 2.28 bits per heavy atom. The molecule has 7 heteroatoms. The van der Waals surface area contributed by atoms with Crippen molar-refractivity contribution in [1.29, 1.82) is 0 Å². The number of nitrogens with zero attached hydrogens (tertiary/aromatic N) is 2. The van der Waals surface area contributed by atoms with Crippen molar-refractivity contribution in [3.05, 3.63) is 71.9 Å². The molecule has 0 aliphatic heterocycles. The molecule has 3 rings (SSSR count). The first-order valence-electron chi connectivity index (χ1n) is 7.52. The van der Waals surface area contributed by atoms with E-state index < -0.39 is 5.97 Å². The molecular weight excluding hydrogens is 318 g/mol. The van der Waals surface area contributed by atoms with E-state index >= 15 is 0 Å². The second kappa shape index (κ2) is 6.48. The summed E-state index contributed by atoms with van der Waals surface area (Å²) in [7, 11) is 0. The highest BCUT2D eigenvalue weighted by Crippen LogP contribution is 2.24. The highest BCUT2D eigenvalue weighted by atomic mass is 16.4. The van der Waals surface area contributed by atoms with E-state index in [4.69, 9.17) is 5.73 Å². The fourth-order valence-corrected chi connectivity index (χ4v) is 2.60. The summed E-state index contributed by atoms with van der Waals surface area (Å²) in [6, 6.07) is 3.28. The molecule has 0 spiro atoms. The molecule has 0 radical (unpaired) electrons. The van der Waals surface area contributed by atoms with Crippen molar-refractivity contribution in [1.82, 2.24) is 10.2 Å². The second-order valence-electron chi connectivity index (χ2n) is 5.52. The van der Waals surface area contributed by atoms with Gasteiger partial charge in [-0.3, -0.25) is 5.10 Å². The van der Waals surface area contributed by atoms with Crippen LogP contribution in [0.15, 0.2) is 71.3 Å². The number of carboxylic acids is 1. The first kappa shape index (κ1) is 16.3. The Hall–Kier alpha value is -3.61. The van der Waals surface area contributed by atoms with E-state index in [9.17, 15) is 9.90 Å². The van der Waals surface area contributed by atoms with Crippen LogP contribution in [0.5, 0.6) is 0 Å². The van der Waals surface area contributed by atoms with Gasteiger partial charge in [-0.1, -0.05) is 24.8 Å². The van der Waals surface area contributed by atoms with Gasteiger partial charge in [-0.25, -0.2) is 9.79 Å². The summed E-state index contributed by atoms with van der Waals surface area (Å²) in [6.07, 6.45) is 8.65. The summed E-state index contributed by atoms with van der Waals surface area (Å²) in [5, 5.41) is 19.6. The van der Waals surface area contributed by atoms with E-state index in [0.29, 0.717) is 28.1 Å². The molecule has 2 aromatic rings. The second-order valence-corrected chi connectivity index (χ2v) is 5.52. The van der Waals surface area contributed by atoms with Gasteiger partial charge in [0.15, 0.2) is 0 Å². The molecule has 0 atom stereocenters. The smallest absolute Gasteiger partial charge is 0.336 e. The van der Waals surface area contributed by atoms with Crippen LogP contribution in [0.1, 0.15) is 17.3 Å².